The van der Waals surface area contributed by atoms with Crippen LogP contribution >= 0.6 is 0 Å². The molecule has 0 unspecified atom stereocenters. The molecule has 248 valence electrons. The van der Waals surface area contributed by atoms with Crippen molar-refractivity contribution < 1.29 is 40.2 Å². The van der Waals surface area contributed by atoms with Gasteiger partial charge in [0.2, 0.25) is 21.9 Å². The second-order valence-corrected chi connectivity index (χ2v) is 13.8. The van der Waals surface area contributed by atoms with Gasteiger partial charge in [-0.15, -0.1) is 0 Å². The van der Waals surface area contributed by atoms with Gasteiger partial charge in [0.15, 0.2) is 5.75 Å². The van der Waals surface area contributed by atoms with Crippen LogP contribution in [0.15, 0.2) is 42.6 Å². The summed E-state index contributed by atoms with van der Waals surface area (Å²) in [7, 11) is 0.795. The number of carbonyl (C=O) groups is 1. The Labute approximate surface area is 264 Å². The van der Waals surface area contributed by atoms with Crippen LogP contribution in [0.1, 0.15) is 41.6 Å². The van der Waals surface area contributed by atoms with Crippen molar-refractivity contribution in [3.8, 4) is 17.4 Å². The third kappa shape index (κ3) is 7.12. The Morgan fingerprint density at radius 3 is 2.41 bits per heavy atom. The van der Waals surface area contributed by atoms with Crippen LogP contribution in [-0.4, -0.2) is 75.8 Å². The molecule has 1 aliphatic heterocycles. The van der Waals surface area contributed by atoms with Crippen molar-refractivity contribution in [2.45, 2.75) is 37.9 Å². The number of sulfonamides is 1. The van der Waals surface area contributed by atoms with Crippen molar-refractivity contribution in [1.82, 2.24) is 20.2 Å². The number of halogens is 4. The molecule has 16 heteroatoms. The average molecular weight is 667 g/mol. The lowest BCUT2D eigenvalue weighted by Crippen LogP contribution is -2.57. The Bertz CT molecular complexity index is 1720. The number of nitrogens with one attached hydrogen (secondary N) is 2. The van der Waals surface area contributed by atoms with E-state index in [2.05, 4.69) is 32.5 Å². The predicted octanol–water partition coefficient (Wildman–Crippen LogP) is 5.18. The lowest BCUT2D eigenvalue weighted by molar-refractivity contribution is -0.139. The minimum atomic E-state index is -4.93. The number of nitrogens with zero attached hydrogens (tertiary/aromatic N) is 4. The van der Waals surface area contributed by atoms with E-state index < -0.39 is 45.3 Å². The van der Waals surface area contributed by atoms with Crippen LogP contribution in [-0.2, 0) is 16.2 Å². The van der Waals surface area contributed by atoms with Gasteiger partial charge in [0.05, 0.1) is 30.3 Å². The van der Waals surface area contributed by atoms with Crippen molar-refractivity contribution in [1.29, 1.82) is 0 Å². The first-order valence-corrected chi connectivity index (χ1v) is 16.2. The summed E-state index contributed by atoms with van der Waals surface area (Å²) < 4.78 is 92.9. The molecule has 2 fully saturated rings. The molecule has 2 N–H and O–H groups in total. The van der Waals surface area contributed by atoms with Gasteiger partial charge < -0.3 is 25.0 Å². The summed E-state index contributed by atoms with van der Waals surface area (Å²) in [4.78, 5) is 22.9. The van der Waals surface area contributed by atoms with Gasteiger partial charge in [0.25, 0.3) is 5.91 Å². The highest BCUT2D eigenvalue weighted by molar-refractivity contribution is 7.92. The molecule has 2 aromatic carbocycles. The summed E-state index contributed by atoms with van der Waals surface area (Å²) in [6, 6.07) is 7.64. The van der Waals surface area contributed by atoms with Crippen LogP contribution < -0.4 is 24.4 Å². The lowest BCUT2D eigenvalue weighted by atomic mass is 9.67. The Morgan fingerprint density at radius 2 is 1.80 bits per heavy atom. The molecule has 1 aliphatic carbocycles. The number of aromatic nitrogens is 2. The molecule has 5 rings (SSSR count). The maximum atomic E-state index is 15.3. The zero-order valence-corrected chi connectivity index (χ0v) is 26.4. The first kappa shape index (κ1) is 33.2. The summed E-state index contributed by atoms with van der Waals surface area (Å²) in [5, 5.41) is 5.54. The molecule has 1 aromatic heterocycles. The Balaban J connectivity index is 1.37. The summed E-state index contributed by atoms with van der Waals surface area (Å²) >= 11 is 0. The zero-order chi connectivity index (χ0) is 33.4. The summed E-state index contributed by atoms with van der Waals surface area (Å²) in [6.07, 6.45) is 0.0282. The van der Waals surface area contributed by atoms with E-state index in [0.29, 0.717) is 11.6 Å². The van der Waals surface area contributed by atoms with E-state index in [1.54, 1.807) is 0 Å². The fraction of sp³-hybridized carbons (Fsp3) is 0.433. The summed E-state index contributed by atoms with van der Waals surface area (Å²) in [5.74, 6) is -3.05. The predicted molar refractivity (Wildman–Crippen MR) is 163 cm³/mol. The molecule has 1 amide bonds. The van der Waals surface area contributed by atoms with Crippen LogP contribution in [0, 0.1) is 11.2 Å². The quantitative estimate of drug-likeness (QED) is 0.297. The molecule has 0 atom stereocenters. The average Bonchev–Trinajstić information content (AvgIpc) is 2.96. The van der Waals surface area contributed by atoms with E-state index >= 15 is 4.39 Å². The van der Waals surface area contributed by atoms with Crippen LogP contribution in [0.3, 0.4) is 0 Å². The largest absolute Gasteiger partial charge is 0.495 e. The van der Waals surface area contributed by atoms with Gasteiger partial charge in [-0.05, 0) is 56.3 Å². The van der Waals surface area contributed by atoms with Crippen LogP contribution in [0.4, 0.5) is 34.9 Å². The van der Waals surface area contributed by atoms with Crippen molar-refractivity contribution >= 4 is 33.3 Å². The first-order chi connectivity index (χ1) is 21.6. The Morgan fingerprint density at radius 1 is 1.13 bits per heavy atom. The van der Waals surface area contributed by atoms with E-state index in [4.69, 9.17) is 9.47 Å². The number of benzene rings is 2. The number of para-hydroxylation sites is 2. The molecule has 1 saturated carbocycles. The molecular weight excluding hydrogens is 632 g/mol. The van der Waals surface area contributed by atoms with Crippen molar-refractivity contribution in [3.05, 3.63) is 59.5 Å². The van der Waals surface area contributed by atoms with Crippen LogP contribution in [0.5, 0.6) is 17.4 Å². The third-order valence-corrected chi connectivity index (χ3v) is 9.53. The number of methoxy groups -OCH3 is 1. The van der Waals surface area contributed by atoms with Gasteiger partial charge >= 0.3 is 6.18 Å². The van der Waals surface area contributed by atoms with Gasteiger partial charge in [-0.2, -0.15) is 18.2 Å². The summed E-state index contributed by atoms with van der Waals surface area (Å²) in [5.41, 5.74) is -1.38. The number of ether oxygens (including phenoxy) is 2. The second kappa shape index (κ2) is 12.5. The maximum Gasteiger partial charge on any atom is 0.423 e. The highest BCUT2D eigenvalue weighted by Crippen LogP contribution is 2.43. The van der Waals surface area contributed by atoms with E-state index in [0.717, 1.165) is 55.4 Å². The monoisotopic (exact) mass is 666 g/mol. The van der Waals surface area contributed by atoms with Crippen LogP contribution in [0.2, 0.25) is 0 Å². The number of alkyl halides is 3. The van der Waals surface area contributed by atoms with E-state index in [9.17, 15) is 26.4 Å². The molecule has 2 aliphatic rings. The highest BCUT2D eigenvalue weighted by atomic mass is 32.2. The molecular formula is C30H34F4N6O5S. The molecule has 3 aromatic rings. The number of amides is 1. The molecule has 2 heterocycles. The first-order valence-electron chi connectivity index (χ1n) is 14.4. The lowest BCUT2D eigenvalue weighted by Gasteiger charge is -2.52. The fourth-order valence-corrected chi connectivity index (χ4v) is 6.46. The van der Waals surface area contributed by atoms with Gasteiger partial charge in [-0.3, -0.25) is 9.10 Å². The Kier molecular flexibility index (Phi) is 9.05. The molecule has 0 radical (unpaired) electrons. The van der Waals surface area contributed by atoms with E-state index in [1.807, 2.05) is 0 Å². The van der Waals surface area contributed by atoms with E-state index in [1.165, 1.54) is 44.5 Å². The van der Waals surface area contributed by atoms with Crippen molar-refractivity contribution in [2.75, 3.05) is 50.2 Å². The second-order valence-electron chi connectivity index (χ2n) is 11.8. The van der Waals surface area contributed by atoms with Crippen molar-refractivity contribution in [2.24, 2.45) is 5.41 Å². The highest BCUT2D eigenvalue weighted by Gasteiger charge is 2.43. The number of hydrogen-bond acceptors (Lipinski definition) is 9. The van der Waals surface area contributed by atoms with Gasteiger partial charge in [0.1, 0.15) is 17.1 Å². The van der Waals surface area contributed by atoms with Gasteiger partial charge in [-0.1, -0.05) is 12.1 Å². The SMILES string of the molecule is COc1cc(C(=O)NC2CCC3(CC2)CN(C)C3)c(F)cc1Nc1ncc(C(F)(F)F)c(Oc2ccccc2N(C)S(C)(=O)=O)n1. The number of anilines is 3. The fourth-order valence-electron chi connectivity index (χ4n) is 5.95. The smallest absolute Gasteiger partial charge is 0.423 e. The standard InChI is InChI=1S/C30H34F4N6O5S/c1-39-16-29(17-39)11-9-18(10-12-29)36-26(41)19-13-25(44-3)22(14-21(19)31)37-28-35-15-20(30(32,33)34)27(38-28)45-24-8-6-5-7-23(24)40(2)46(4,42)43/h5-8,13-15,18H,9-12,16-17H2,1-4H3,(H,36,41)(H,35,37,38). The minimum Gasteiger partial charge on any atom is -0.495 e. The van der Waals surface area contributed by atoms with Gasteiger partial charge in [-0.25, -0.2) is 17.8 Å². The Hall–Kier alpha value is -4.18. The maximum absolute atomic E-state index is 15.3. The van der Waals surface area contributed by atoms with Crippen LogP contribution in [0.25, 0.3) is 0 Å². The zero-order valence-electron chi connectivity index (χ0n) is 25.6. The molecule has 11 nitrogen and oxygen atoms in total. The third-order valence-electron chi connectivity index (χ3n) is 8.34. The minimum absolute atomic E-state index is 0.0118. The normalized spacial score (nSPS) is 16.9. The molecule has 46 heavy (non-hydrogen) atoms. The number of carbonyl (C=O) groups excluding carboxylic acids is 1. The molecule has 1 spiro atoms. The van der Waals surface area contributed by atoms with Crippen molar-refractivity contribution in [3.63, 3.8) is 0 Å². The molecule has 1 saturated heterocycles. The van der Waals surface area contributed by atoms with E-state index in [-0.39, 0.29) is 34.5 Å². The number of likely N-dealkylation sites (tertiary alicyclic amines) is 1. The summed E-state index contributed by atoms with van der Waals surface area (Å²) in [6.45, 7) is 2.08. The topological polar surface area (TPSA) is 126 Å². The number of hydrogen-bond donors (Lipinski definition) is 2. The number of rotatable bonds is 9. The molecule has 0 bridgehead atoms. The van der Waals surface area contributed by atoms with Gasteiger partial charge in [0, 0.05) is 38.4 Å².